The summed E-state index contributed by atoms with van der Waals surface area (Å²) in [7, 11) is 1.29. The number of carbonyl (C=O) groups excluding carboxylic acids is 1. The molecule has 2 N–H and O–H groups in total. The van der Waals surface area contributed by atoms with Crippen LogP contribution in [0.15, 0.2) is 48.6 Å². The first-order valence-corrected chi connectivity index (χ1v) is 24.9. The van der Waals surface area contributed by atoms with Crippen molar-refractivity contribution >= 4 is 13.7 Å². The molecule has 0 fully saturated rings. The smallest absolute Gasteiger partial charge is 0.268 e. The number of rotatable bonds is 42. The molecule has 0 spiro atoms. The second kappa shape index (κ2) is 39.9. The topological polar surface area (TPSA) is 108 Å². The van der Waals surface area contributed by atoms with Crippen LogP contribution >= 0.6 is 7.82 Å². The molecule has 0 saturated carbocycles. The van der Waals surface area contributed by atoms with Gasteiger partial charge < -0.3 is 28.8 Å². The number of allylic oxidation sites excluding steroid dienone is 8. The Morgan fingerprint density at radius 2 is 1.07 bits per heavy atom. The van der Waals surface area contributed by atoms with Crippen molar-refractivity contribution in [3.8, 4) is 0 Å². The lowest BCUT2D eigenvalue weighted by atomic mass is 10.0. The van der Waals surface area contributed by atoms with Crippen LogP contribution < -0.4 is 10.2 Å². The molecule has 0 aliphatic heterocycles. The van der Waals surface area contributed by atoms with Gasteiger partial charge in [0.25, 0.3) is 7.82 Å². The summed E-state index contributed by atoms with van der Waals surface area (Å²) in [6, 6.07) is -0.805. The highest BCUT2D eigenvalue weighted by molar-refractivity contribution is 7.45. The highest BCUT2D eigenvalue weighted by atomic mass is 31.2. The zero-order valence-corrected chi connectivity index (χ0v) is 38.7. The summed E-state index contributed by atoms with van der Waals surface area (Å²) >= 11 is 0. The molecule has 0 radical (unpaired) electrons. The average molecular weight is 823 g/mol. The maximum atomic E-state index is 12.9. The Bertz CT molecular complexity index is 1070. The Morgan fingerprint density at radius 3 is 1.56 bits per heavy atom. The van der Waals surface area contributed by atoms with Crippen molar-refractivity contribution in [3.63, 3.8) is 0 Å². The molecule has 0 heterocycles. The monoisotopic (exact) mass is 823 g/mol. The zero-order valence-electron chi connectivity index (χ0n) is 37.8. The molecule has 0 aromatic rings. The molecule has 8 nitrogen and oxygen atoms in total. The van der Waals surface area contributed by atoms with E-state index in [4.69, 9.17) is 9.05 Å². The first-order chi connectivity index (χ1) is 27.5. The summed E-state index contributed by atoms with van der Waals surface area (Å²) in [5.41, 5.74) is 0. The van der Waals surface area contributed by atoms with E-state index in [0.717, 1.165) is 70.6 Å². The fourth-order valence-electron chi connectivity index (χ4n) is 6.62. The molecule has 0 aliphatic rings. The molecule has 0 aliphatic carbocycles. The number of quaternary nitrogens is 1. The Labute approximate surface area is 352 Å². The Hall–Kier alpha value is -1.54. The fourth-order valence-corrected chi connectivity index (χ4v) is 7.34. The second-order valence-corrected chi connectivity index (χ2v) is 18.5. The molecule has 334 valence electrons. The van der Waals surface area contributed by atoms with Gasteiger partial charge in [-0.3, -0.25) is 9.36 Å². The van der Waals surface area contributed by atoms with Gasteiger partial charge in [0.15, 0.2) is 0 Å². The van der Waals surface area contributed by atoms with Crippen LogP contribution in [-0.2, 0) is 18.4 Å². The van der Waals surface area contributed by atoms with E-state index in [-0.39, 0.29) is 19.1 Å². The van der Waals surface area contributed by atoms with Gasteiger partial charge in [-0.25, -0.2) is 0 Å². The quantitative estimate of drug-likeness (QED) is 0.0275. The van der Waals surface area contributed by atoms with Gasteiger partial charge in [0.05, 0.1) is 39.9 Å². The standard InChI is InChI=1S/C48H91N2O6P/c1-6-8-10-12-14-16-18-20-22-23-24-25-26-27-28-30-32-34-36-38-40-42-48(52)49-46(45-56-57(53,54)55-44-43-50(3,4)5)47(51)41-39-37-35-33-31-29-21-19-17-15-13-11-9-7-2/h8,10,14,16,20,22,24-25,46-47,51H,6-7,9,11-13,15,17-19,21,23,26-45H2,1-5H3,(H-,49,52,53,54)/b10-8-,16-14-,22-20-,25-24-. The number of nitrogens with one attached hydrogen (secondary N) is 1. The largest absolute Gasteiger partial charge is 0.756 e. The predicted molar refractivity (Wildman–Crippen MR) is 242 cm³/mol. The lowest BCUT2D eigenvalue weighted by Crippen LogP contribution is -2.46. The van der Waals surface area contributed by atoms with Crippen molar-refractivity contribution in [1.82, 2.24) is 5.32 Å². The summed E-state index contributed by atoms with van der Waals surface area (Å²) in [6.07, 6.45) is 49.7. The maximum absolute atomic E-state index is 12.9. The minimum Gasteiger partial charge on any atom is -0.756 e. The van der Waals surface area contributed by atoms with E-state index in [9.17, 15) is 19.4 Å². The number of phosphoric acid groups is 1. The molecule has 57 heavy (non-hydrogen) atoms. The van der Waals surface area contributed by atoms with Gasteiger partial charge in [-0.2, -0.15) is 0 Å². The van der Waals surface area contributed by atoms with Crippen LogP contribution in [0.1, 0.15) is 200 Å². The molecule has 3 atom stereocenters. The number of aliphatic hydroxyl groups excluding tert-OH is 1. The summed E-state index contributed by atoms with van der Waals surface area (Å²) in [5, 5.41) is 13.9. The molecule has 0 saturated heterocycles. The third kappa shape index (κ3) is 42.4. The summed E-state index contributed by atoms with van der Waals surface area (Å²) in [4.78, 5) is 25.4. The Balaban J connectivity index is 4.32. The second-order valence-electron chi connectivity index (χ2n) is 17.1. The highest BCUT2D eigenvalue weighted by Gasteiger charge is 2.24. The minimum absolute atomic E-state index is 0.00886. The summed E-state index contributed by atoms with van der Waals surface area (Å²) in [6.45, 7) is 4.60. The molecule has 0 aromatic carbocycles. The van der Waals surface area contributed by atoms with Crippen LogP contribution in [0.4, 0.5) is 0 Å². The van der Waals surface area contributed by atoms with Gasteiger partial charge in [0.2, 0.25) is 5.91 Å². The summed E-state index contributed by atoms with van der Waals surface area (Å²) < 4.78 is 23.3. The zero-order chi connectivity index (χ0) is 42.1. The number of likely N-dealkylation sites (N-methyl/N-ethyl adjacent to an activating group) is 1. The van der Waals surface area contributed by atoms with Crippen molar-refractivity contribution in [2.24, 2.45) is 0 Å². The van der Waals surface area contributed by atoms with Crippen molar-refractivity contribution in [3.05, 3.63) is 48.6 Å². The minimum atomic E-state index is -4.57. The third-order valence-electron chi connectivity index (χ3n) is 10.3. The summed E-state index contributed by atoms with van der Waals surface area (Å²) in [5.74, 6) is -0.175. The van der Waals surface area contributed by atoms with Crippen LogP contribution in [0.25, 0.3) is 0 Å². The lowest BCUT2D eigenvalue weighted by molar-refractivity contribution is -0.870. The van der Waals surface area contributed by atoms with Gasteiger partial charge in [-0.15, -0.1) is 0 Å². The van der Waals surface area contributed by atoms with Gasteiger partial charge >= 0.3 is 0 Å². The molecular formula is C48H91N2O6P. The van der Waals surface area contributed by atoms with Crippen LogP contribution in [0.3, 0.4) is 0 Å². The predicted octanol–water partition coefficient (Wildman–Crippen LogP) is 12.6. The molecular weight excluding hydrogens is 732 g/mol. The third-order valence-corrected chi connectivity index (χ3v) is 11.3. The van der Waals surface area contributed by atoms with Crippen LogP contribution in [0.5, 0.6) is 0 Å². The molecule has 1 amide bonds. The van der Waals surface area contributed by atoms with Crippen LogP contribution in [0, 0.1) is 0 Å². The van der Waals surface area contributed by atoms with E-state index in [1.807, 2.05) is 21.1 Å². The van der Waals surface area contributed by atoms with E-state index >= 15 is 0 Å². The van der Waals surface area contributed by atoms with E-state index in [0.29, 0.717) is 23.9 Å². The van der Waals surface area contributed by atoms with E-state index < -0.39 is 20.0 Å². The Kier molecular flexibility index (Phi) is 38.8. The van der Waals surface area contributed by atoms with Crippen molar-refractivity contribution in [2.45, 2.75) is 212 Å². The normalized spacial score (nSPS) is 14.7. The van der Waals surface area contributed by atoms with Gasteiger partial charge in [0, 0.05) is 6.42 Å². The molecule has 3 unspecified atom stereocenters. The van der Waals surface area contributed by atoms with E-state index in [1.54, 1.807) is 0 Å². The number of aliphatic hydroxyl groups is 1. The molecule has 9 heteroatoms. The number of hydrogen-bond donors (Lipinski definition) is 2. The fraction of sp³-hybridized carbons (Fsp3) is 0.812. The Morgan fingerprint density at radius 1 is 0.632 bits per heavy atom. The van der Waals surface area contributed by atoms with Crippen LogP contribution in [-0.4, -0.2) is 68.5 Å². The van der Waals surface area contributed by atoms with E-state index in [1.165, 1.54) is 103 Å². The van der Waals surface area contributed by atoms with Gasteiger partial charge in [0.1, 0.15) is 13.2 Å². The first kappa shape index (κ1) is 55.5. The molecule has 0 aromatic heterocycles. The molecule has 0 bridgehead atoms. The maximum Gasteiger partial charge on any atom is 0.268 e. The highest BCUT2D eigenvalue weighted by Crippen LogP contribution is 2.38. The van der Waals surface area contributed by atoms with Gasteiger partial charge in [-0.05, 0) is 51.4 Å². The van der Waals surface area contributed by atoms with Crippen molar-refractivity contribution in [1.29, 1.82) is 0 Å². The molecule has 0 rings (SSSR count). The van der Waals surface area contributed by atoms with E-state index in [2.05, 4.69) is 67.8 Å². The number of amides is 1. The number of phosphoric ester groups is 1. The number of unbranched alkanes of at least 4 members (excludes halogenated alkanes) is 21. The number of carbonyl (C=O) groups is 1. The number of nitrogens with zero attached hydrogens (tertiary/aromatic N) is 1. The van der Waals surface area contributed by atoms with Crippen LogP contribution in [0.2, 0.25) is 0 Å². The van der Waals surface area contributed by atoms with Crippen molar-refractivity contribution in [2.75, 3.05) is 40.9 Å². The number of hydrogen-bond acceptors (Lipinski definition) is 6. The SMILES string of the molecule is CC/C=C\C/C=C\C/C=C\C/C=C\CCCCCCCCCCC(=O)NC(COP(=O)([O-])OCC[N+](C)(C)C)C(O)CCCCCCCCCCCCCCCC. The first-order valence-electron chi connectivity index (χ1n) is 23.5. The average Bonchev–Trinajstić information content (AvgIpc) is 3.16. The van der Waals surface area contributed by atoms with Gasteiger partial charge in [-0.1, -0.05) is 191 Å². The lowest BCUT2D eigenvalue weighted by Gasteiger charge is -2.30. The van der Waals surface area contributed by atoms with Crippen molar-refractivity contribution < 1.29 is 32.9 Å².